The van der Waals surface area contributed by atoms with E-state index < -0.39 is 15.2 Å². The first-order valence-corrected chi connectivity index (χ1v) is 6.13. The fourth-order valence-corrected chi connectivity index (χ4v) is 3.18. The Balaban J connectivity index is 2.73. The first-order chi connectivity index (χ1) is 6.08. The van der Waals surface area contributed by atoms with Crippen LogP contribution in [0, 0.1) is 0 Å². The average molecular weight is 204 g/mol. The van der Waals surface area contributed by atoms with Crippen LogP contribution in [-0.2, 0) is 9.84 Å². The van der Waals surface area contributed by atoms with E-state index in [2.05, 4.69) is 6.58 Å². The zero-order chi connectivity index (χ0) is 9.90. The van der Waals surface area contributed by atoms with Crippen LogP contribution in [0.25, 0.3) is 0 Å². The number of hydrogen-bond donors (Lipinski definition) is 1. The molecule has 0 aliphatic carbocycles. The number of hydrazine groups is 1. The van der Waals surface area contributed by atoms with Gasteiger partial charge in [0, 0.05) is 6.54 Å². The summed E-state index contributed by atoms with van der Waals surface area (Å²) in [6, 6.07) is 0. The molecule has 1 rings (SSSR count). The van der Waals surface area contributed by atoms with Crippen LogP contribution < -0.4 is 5.84 Å². The van der Waals surface area contributed by atoms with Crippen molar-refractivity contribution in [3.05, 3.63) is 12.7 Å². The van der Waals surface area contributed by atoms with Gasteiger partial charge in [0.15, 0.2) is 9.84 Å². The second kappa shape index (κ2) is 4.21. The zero-order valence-corrected chi connectivity index (χ0v) is 8.46. The van der Waals surface area contributed by atoms with E-state index in [4.69, 9.17) is 5.84 Å². The number of hydrogen-bond acceptors (Lipinski definition) is 4. The standard InChI is InChI=1S/C8H16N2O2S/c1-2-7-13(11,12)8-5-3-4-6-10(8)9/h2,8H,1,3-7,9H2. The van der Waals surface area contributed by atoms with Crippen molar-refractivity contribution in [2.45, 2.75) is 24.6 Å². The summed E-state index contributed by atoms with van der Waals surface area (Å²) >= 11 is 0. The van der Waals surface area contributed by atoms with Crippen LogP contribution in [0.15, 0.2) is 12.7 Å². The van der Waals surface area contributed by atoms with Crippen molar-refractivity contribution >= 4 is 9.84 Å². The maximum Gasteiger partial charge on any atom is 0.171 e. The van der Waals surface area contributed by atoms with Gasteiger partial charge in [0.2, 0.25) is 0 Å². The fourth-order valence-electron chi connectivity index (χ4n) is 1.58. The summed E-state index contributed by atoms with van der Waals surface area (Å²) in [7, 11) is -3.10. The van der Waals surface area contributed by atoms with Crippen LogP contribution in [0.1, 0.15) is 19.3 Å². The zero-order valence-electron chi connectivity index (χ0n) is 7.65. The number of rotatable bonds is 3. The predicted octanol–water partition coefficient (Wildman–Crippen LogP) is 0.273. The molecule has 1 atom stereocenters. The molecule has 1 fully saturated rings. The van der Waals surface area contributed by atoms with Crippen LogP contribution in [0.3, 0.4) is 0 Å². The molecule has 13 heavy (non-hydrogen) atoms. The second-order valence-corrected chi connectivity index (χ2v) is 5.51. The van der Waals surface area contributed by atoms with Crippen LogP contribution in [0.5, 0.6) is 0 Å². The van der Waals surface area contributed by atoms with Gasteiger partial charge in [-0.25, -0.2) is 13.4 Å². The largest absolute Gasteiger partial charge is 0.268 e. The highest BCUT2D eigenvalue weighted by Crippen LogP contribution is 2.19. The van der Waals surface area contributed by atoms with E-state index in [1.807, 2.05) is 0 Å². The normalized spacial score (nSPS) is 25.8. The minimum absolute atomic E-state index is 0.0192. The number of nitrogens with zero attached hydrogens (tertiary/aromatic N) is 1. The van der Waals surface area contributed by atoms with Gasteiger partial charge in [0.25, 0.3) is 0 Å². The smallest absolute Gasteiger partial charge is 0.171 e. The lowest BCUT2D eigenvalue weighted by Crippen LogP contribution is -2.49. The van der Waals surface area contributed by atoms with Gasteiger partial charge in [-0.05, 0) is 19.3 Å². The average Bonchev–Trinajstić information content (AvgIpc) is 2.04. The first-order valence-electron chi connectivity index (χ1n) is 4.42. The van der Waals surface area contributed by atoms with E-state index in [9.17, 15) is 8.42 Å². The lowest BCUT2D eigenvalue weighted by Gasteiger charge is -2.30. The molecule has 1 aliphatic heterocycles. The van der Waals surface area contributed by atoms with E-state index in [1.165, 1.54) is 11.1 Å². The highest BCUT2D eigenvalue weighted by atomic mass is 32.2. The summed E-state index contributed by atoms with van der Waals surface area (Å²) in [6.07, 6.45) is 3.98. The summed E-state index contributed by atoms with van der Waals surface area (Å²) in [5, 5.41) is 0.932. The summed E-state index contributed by atoms with van der Waals surface area (Å²) in [6.45, 7) is 4.09. The highest BCUT2D eigenvalue weighted by Gasteiger charge is 2.30. The van der Waals surface area contributed by atoms with Crippen molar-refractivity contribution in [1.82, 2.24) is 5.01 Å². The monoisotopic (exact) mass is 204 g/mol. The van der Waals surface area contributed by atoms with Crippen LogP contribution >= 0.6 is 0 Å². The van der Waals surface area contributed by atoms with Gasteiger partial charge in [-0.2, -0.15) is 0 Å². The molecule has 1 heterocycles. The first kappa shape index (κ1) is 10.7. The second-order valence-electron chi connectivity index (χ2n) is 3.31. The lowest BCUT2D eigenvalue weighted by molar-refractivity contribution is 0.203. The molecular formula is C8H16N2O2S. The molecule has 1 unspecified atom stereocenters. The molecule has 76 valence electrons. The molecule has 1 saturated heterocycles. The van der Waals surface area contributed by atoms with Gasteiger partial charge < -0.3 is 0 Å². The molecule has 0 aromatic rings. The van der Waals surface area contributed by atoms with E-state index in [-0.39, 0.29) is 5.75 Å². The maximum atomic E-state index is 11.6. The van der Waals surface area contributed by atoms with Crippen molar-refractivity contribution < 1.29 is 8.42 Å². The van der Waals surface area contributed by atoms with Gasteiger partial charge >= 0.3 is 0 Å². The quantitative estimate of drug-likeness (QED) is 0.529. The topological polar surface area (TPSA) is 63.4 Å². The molecule has 0 bridgehead atoms. The molecule has 0 radical (unpaired) electrons. The van der Waals surface area contributed by atoms with Gasteiger partial charge in [0.1, 0.15) is 5.37 Å². The molecule has 1 aliphatic rings. The molecule has 0 spiro atoms. The Morgan fingerprint density at radius 3 is 2.77 bits per heavy atom. The molecule has 0 aromatic carbocycles. The molecule has 0 amide bonds. The summed E-state index contributed by atoms with van der Waals surface area (Å²) in [4.78, 5) is 0. The Morgan fingerprint density at radius 1 is 1.54 bits per heavy atom. The maximum absolute atomic E-state index is 11.6. The van der Waals surface area contributed by atoms with Crippen molar-refractivity contribution in [3.8, 4) is 0 Å². The number of piperidine rings is 1. The Morgan fingerprint density at radius 2 is 2.23 bits per heavy atom. The Hall–Kier alpha value is -0.390. The van der Waals surface area contributed by atoms with Crippen LogP contribution in [-0.4, -0.2) is 31.1 Å². The van der Waals surface area contributed by atoms with E-state index >= 15 is 0 Å². The van der Waals surface area contributed by atoms with E-state index in [0.717, 1.165) is 12.8 Å². The molecule has 4 nitrogen and oxygen atoms in total. The fraction of sp³-hybridized carbons (Fsp3) is 0.750. The third-order valence-electron chi connectivity index (χ3n) is 2.25. The highest BCUT2D eigenvalue weighted by molar-refractivity contribution is 7.92. The SMILES string of the molecule is C=CCS(=O)(=O)C1CCCCN1N. The molecule has 2 N–H and O–H groups in total. The molecule has 5 heteroatoms. The Bertz CT molecular complexity index is 274. The summed E-state index contributed by atoms with van der Waals surface area (Å²) in [5.74, 6) is 5.63. The minimum Gasteiger partial charge on any atom is -0.268 e. The van der Waals surface area contributed by atoms with E-state index in [0.29, 0.717) is 13.0 Å². The van der Waals surface area contributed by atoms with Crippen LogP contribution in [0.2, 0.25) is 0 Å². The summed E-state index contributed by atoms with van der Waals surface area (Å²) in [5.41, 5.74) is 0. The van der Waals surface area contributed by atoms with Gasteiger partial charge in [-0.15, -0.1) is 6.58 Å². The van der Waals surface area contributed by atoms with Crippen molar-refractivity contribution in [2.24, 2.45) is 5.84 Å². The van der Waals surface area contributed by atoms with Crippen molar-refractivity contribution in [2.75, 3.05) is 12.3 Å². The van der Waals surface area contributed by atoms with Crippen molar-refractivity contribution in [3.63, 3.8) is 0 Å². The number of nitrogens with two attached hydrogens (primary N) is 1. The Labute approximate surface area is 79.3 Å². The predicted molar refractivity (Wildman–Crippen MR) is 52.5 cm³/mol. The van der Waals surface area contributed by atoms with Crippen molar-refractivity contribution in [1.29, 1.82) is 0 Å². The van der Waals surface area contributed by atoms with Crippen LogP contribution in [0.4, 0.5) is 0 Å². The van der Waals surface area contributed by atoms with Gasteiger partial charge in [-0.3, -0.25) is 5.84 Å². The lowest BCUT2D eigenvalue weighted by atomic mass is 10.2. The molecular weight excluding hydrogens is 188 g/mol. The van der Waals surface area contributed by atoms with Gasteiger partial charge in [-0.1, -0.05) is 6.08 Å². The Kier molecular flexibility index (Phi) is 3.47. The molecule has 0 saturated carbocycles. The third kappa shape index (κ3) is 2.52. The summed E-state index contributed by atoms with van der Waals surface area (Å²) < 4.78 is 23.2. The van der Waals surface area contributed by atoms with E-state index in [1.54, 1.807) is 0 Å². The van der Waals surface area contributed by atoms with Gasteiger partial charge in [0.05, 0.1) is 5.75 Å². The minimum atomic E-state index is -3.10. The molecule has 0 aromatic heterocycles. The third-order valence-corrected chi connectivity index (χ3v) is 4.29. The number of sulfone groups is 1.